The second kappa shape index (κ2) is 10.5. The third-order valence-corrected chi connectivity index (χ3v) is 12.5. The lowest BCUT2D eigenvalue weighted by Crippen LogP contribution is -2.48. The molecule has 0 heterocycles. The summed E-state index contributed by atoms with van der Waals surface area (Å²) < 4.78 is 5.66. The van der Waals surface area contributed by atoms with Gasteiger partial charge in [0.05, 0.1) is 0 Å². The molecular weight excluding hydrogens is 428 g/mol. The smallest absolute Gasteiger partial charge is 0.302 e. The van der Waals surface area contributed by atoms with Gasteiger partial charge in [-0.25, -0.2) is 0 Å². The van der Waals surface area contributed by atoms with Crippen LogP contribution in [0.1, 0.15) is 152 Å². The van der Waals surface area contributed by atoms with E-state index in [2.05, 4.69) is 61.5 Å². The van der Waals surface area contributed by atoms with Gasteiger partial charge in [-0.15, -0.1) is 0 Å². The Bertz CT molecular complexity index is 782. The number of hydrogen-bond acceptors (Lipinski definition) is 2. The normalized spacial score (nSPS) is 41.5. The van der Waals surface area contributed by atoms with E-state index in [0.29, 0.717) is 21.7 Å². The first-order valence-electron chi connectivity index (χ1n) is 15.1. The number of allylic oxidation sites excluding steroid dienone is 1. The molecule has 202 valence electrons. The van der Waals surface area contributed by atoms with E-state index in [1.165, 1.54) is 70.6 Å². The average molecular weight is 487 g/mol. The number of hydrogen-bond donors (Lipinski definition) is 0. The first-order chi connectivity index (χ1) is 16.2. The molecule has 2 saturated carbocycles. The van der Waals surface area contributed by atoms with Gasteiger partial charge in [-0.1, -0.05) is 92.7 Å². The highest BCUT2D eigenvalue weighted by Gasteiger charge is 2.60. The Hall–Kier alpha value is -0.790. The SMILES string of the molecule is CC[C@]1(C)CC[C@](C)(CCCCC(C)C)[C@@]1(C)CC[C@@]1(C)CCC=C2C[C@@H](OC(C)=O)CC[C@@]21C. The molecule has 0 aliphatic heterocycles. The van der Waals surface area contributed by atoms with Crippen LogP contribution in [-0.4, -0.2) is 12.1 Å². The molecule has 6 atom stereocenters. The average Bonchev–Trinajstić information content (AvgIpc) is 2.98. The molecule has 35 heavy (non-hydrogen) atoms. The highest BCUT2D eigenvalue weighted by molar-refractivity contribution is 5.66. The highest BCUT2D eigenvalue weighted by Crippen LogP contribution is 2.69. The molecule has 3 aliphatic rings. The van der Waals surface area contributed by atoms with Crippen molar-refractivity contribution in [1.29, 1.82) is 0 Å². The molecular formula is C33H58O2. The van der Waals surface area contributed by atoms with E-state index in [4.69, 9.17) is 4.74 Å². The summed E-state index contributed by atoms with van der Waals surface area (Å²) in [7, 11) is 0. The summed E-state index contributed by atoms with van der Waals surface area (Å²) in [5.74, 6) is 0.697. The van der Waals surface area contributed by atoms with Gasteiger partial charge >= 0.3 is 5.97 Å². The van der Waals surface area contributed by atoms with Crippen LogP contribution in [0, 0.1) is 33.0 Å². The van der Waals surface area contributed by atoms with Crippen molar-refractivity contribution < 1.29 is 9.53 Å². The fraction of sp³-hybridized carbons (Fsp3) is 0.909. The maximum Gasteiger partial charge on any atom is 0.302 e. The number of ether oxygens (including phenoxy) is 1. The molecule has 0 aromatic heterocycles. The lowest BCUT2D eigenvalue weighted by molar-refractivity contribution is -0.148. The summed E-state index contributed by atoms with van der Waals surface area (Å²) in [5.41, 5.74) is 3.44. The Morgan fingerprint density at radius 2 is 1.63 bits per heavy atom. The Morgan fingerprint density at radius 3 is 2.26 bits per heavy atom. The summed E-state index contributed by atoms with van der Waals surface area (Å²) in [6.45, 7) is 21.8. The minimum absolute atomic E-state index is 0.0824. The Morgan fingerprint density at radius 1 is 0.943 bits per heavy atom. The van der Waals surface area contributed by atoms with Gasteiger partial charge in [0, 0.05) is 13.3 Å². The number of unbranched alkanes of at least 4 members (excludes halogenated alkanes) is 1. The van der Waals surface area contributed by atoms with Gasteiger partial charge in [0.2, 0.25) is 0 Å². The van der Waals surface area contributed by atoms with E-state index in [9.17, 15) is 4.79 Å². The third kappa shape index (κ3) is 5.29. The third-order valence-electron chi connectivity index (χ3n) is 12.5. The molecule has 0 N–H and O–H groups in total. The zero-order chi connectivity index (χ0) is 26.1. The maximum absolute atomic E-state index is 11.6. The molecule has 0 radical (unpaired) electrons. The Balaban J connectivity index is 1.78. The van der Waals surface area contributed by atoms with Crippen molar-refractivity contribution in [3.8, 4) is 0 Å². The summed E-state index contributed by atoms with van der Waals surface area (Å²) in [6.07, 6.45) is 20.5. The van der Waals surface area contributed by atoms with Crippen LogP contribution in [0.5, 0.6) is 0 Å². The molecule has 0 bridgehead atoms. The van der Waals surface area contributed by atoms with Gasteiger partial charge < -0.3 is 4.74 Å². The molecule has 0 saturated heterocycles. The van der Waals surface area contributed by atoms with Crippen molar-refractivity contribution in [3.63, 3.8) is 0 Å². The fourth-order valence-electron chi connectivity index (χ4n) is 8.75. The topological polar surface area (TPSA) is 26.3 Å². The molecule has 0 aromatic carbocycles. The first kappa shape index (κ1) is 28.8. The number of rotatable bonds is 10. The molecule has 0 aromatic rings. The fourth-order valence-corrected chi connectivity index (χ4v) is 8.75. The number of fused-ring (bicyclic) bond motifs is 1. The lowest BCUT2D eigenvalue weighted by Gasteiger charge is -2.57. The quantitative estimate of drug-likeness (QED) is 0.174. The zero-order valence-electron chi connectivity index (χ0n) is 24.9. The van der Waals surface area contributed by atoms with Crippen molar-refractivity contribution in [3.05, 3.63) is 11.6 Å². The summed E-state index contributed by atoms with van der Waals surface area (Å²) in [5, 5.41) is 0. The molecule has 3 rings (SSSR count). The van der Waals surface area contributed by atoms with Crippen molar-refractivity contribution in [2.24, 2.45) is 33.0 Å². The van der Waals surface area contributed by atoms with Crippen molar-refractivity contribution in [2.45, 2.75) is 158 Å². The number of carbonyl (C=O) groups excluding carboxylic acids is 1. The molecule has 0 spiro atoms. The first-order valence-corrected chi connectivity index (χ1v) is 15.1. The second-order valence-corrected chi connectivity index (χ2v) is 14.6. The van der Waals surface area contributed by atoms with E-state index in [0.717, 1.165) is 25.2 Å². The largest absolute Gasteiger partial charge is 0.462 e. The van der Waals surface area contributed by atoms with Crippen molar-refractivity contribution in [1.82, 2.24) is 0 Å². The maximum atomic E-state index is 11.6. The standard InChI is InChI=1S/C33H58O2/c1-10-29(5)20-21-31(7,17-12-11-14-25(2)3)33(29,9)23-22-30(6)18-13-15-27-24-28(35-26(4)34)16-19-32(27,30)8/h15,25,28H,10-14,16-24H2,1-9H3/t28-,29+,30+,31-,32-,33-/m0/s1. The van der Waals surface area contributed by atoms with Gasteiger partial charge in [0.15, 0.2) is 0 Å². The summed E-state index contributed by atoms with van der Waals surface area (Å²) >= 11 is 0. The van der Waals surface area contributed by atoms with Gasteiger partial charge in [0.1, 0.15) is 6.10 Å². The van der Waals surface area contributed by atoms with Crippen LogP contribution in [0.25, 0.3) is 0 Å². The molecule has 3 aliphatic carbocycles. The monoisotopic (exact) mass is 486 g/mol. The molecule has 0 amide bonds. The summed E-state index contributed by atoms with van der Waals surface area (Å²) in [6, 6.07) is 0. The molecule has 2 heteroatoms. The molecule has 2 nitrogen and oxygen atoms in total. The van der Waals surface area contributed by atoms with E-state index in [1.54, 1.807) is 12.5 Å². The number of carbonyl (C=O) groups is 1. The van der Waals surface area contributed by atoms with Crippen LogP contribution in [0.15, 0.2) is 11.6 Å². The minimum atomic E-state index is -0.126. The van der Waals surface area contributed by atoms with Crippen LogP contribution in [-0.2, 0) is 9.53 Å². The van der Waals surface area contributed by atoms with E-state index < -0.39 is 0 Å². The van der Waals surface area contributed by atoms with Crippen molar-refractivity contribution in [2.75, 3.05) is 0 Å². The van der Waals surface area contributed by atoms with E-state index >= 15 is 0 Å². The van der Waals surface area contributed by atoms with Gasteiger partial charge in [-0.05, 0) is 90.8 Å². The van der Waals surface area contributed by atoms with Crippen LogP contribution < -0.4 is 0 Å². The van der Waals surface area contributed by atoms with Gasteiger partial charge in [-0.2, -0.15) is 0 Å². The summed E-state index contributed by atoms with van der Waals surface area (Å²) in [4.78, 5) is 11.6. The molecule has 0 unspecified atom stereocenters. The molecule has 2 fully saturated rings. The van der Waals surface area contributed by atoms with E-state index in [-0.39, 0.29) is 17.5 Å². The number of esters is 1. The lowest BCUT2D eigenvalue weighted by atomic mass is 9.48. The van der Waals surface area contributed by atoms with E-state index in [1.807, 2.05) is 0 Å². The van der Waals surface area contributed by atoms with Gasteiger partial charge in [0.25, 0.3) is 0 Å². The van der Waals surface area contributed by atoms with Gasteiger partial charge in [-0.3, -0.25) is 4.79 Å². The minimum Gasteiger partial charge on any atom is -0.462 e. The van der Waals surface area contributed by atoms with Crippen molar-refractivity contribution >= 4 is 5.97 Å². The Labute approximate surface area is 218 Å². The van der Waals surface area contributed by atoms with Crippen LogP contribution in [0.4, 0.5) is 0 Å². The van der Waals surface area contributed by atoms with Crippen LogP contribution in [0.2, 0.25) is 0 Å². The predicted molar refractivity (Wildman–Crippen MR) is 149 cm³/mol. The second-order valence-electron chi connectivity index (χ2n) is 14.6. The predicted octanol–water partition coefficient (Wildman–Crippen LogP) is 10.1. The zero-order valence-corrected chi connectivity index (χ0v) is 24.9. The van der Waals surface area contributed by atoms with Crippen LogP contribution in [0.3, 0.4) is 0 Å². The van der Waals surface area contributed by atoms with Crippen LogP contribution >= 0.6 is 0 Å². The Kier molecular flexibility index (Phi) is 8.66. The highest BCUT2D eigenvalue weighted by atomic mass is 16.5.